The monoisotopic (exact) mass is 196 g/mol. The average Bonchev–Trinajstić information content (AvgIpc) is 2.15. The van der Waals surface area contributed by atoms with Gasteiger partial charge in [0.1, 0.15) is 12.2 Å². The fraction of sp³-hybridized carbons (Fsp3) is 0.333. The summed E-state index contributed by atoms with van der Waals surface area (Å²) in [4.78, 5) is 10.7. The summed E-state index contributed by atoms with van der Waals surface area (Å²) >= 11 is 0. The van der Waals surface area contributed by atoms with Gasteiger partial charge in [-0.2, -0.15) is 0 Å². The molecule has 0 saturated heterocycles. The van der Waals surface area contributed by atoms with Crippen molar-refractivity contribution < 1.29 is 10.1 Å². The van der Waals surface area contributed by atoms with Crippen molar-refractivity contribution in [1.29, 1.82) is 0 Å². The fourth-order valence-corrected chi connectivity index (χ4v) is 1.12. The number of aliphatic hydroxyl groups is 1. The molecule has 1 aromatic rings. The number of nitro groups is 1. The fourth-order valence-electron chi connectivity index (χ4n) is 1.12. The Bertz CT molecular complexity index is 300. The summed E-state index contributed by atoms with van der Waals surface area (Å²) in [6.07, 6.45) is -0.736. The molecule has 14 heavy (non-hydrogen) atoms. The van der Waals surface area contributed by atoms with Crippen LogP contribution in [0.1, 0.15) is 6.92 Å². The molecule has 1 aromatic carbocycles. The van der Waals surface area contributed by atoms with Gasteiger partial charge in [0.15, 0.2) is 5.03 Å². The number of hydrogen-bond donors (Lipinski definition) is 1. The van der Waals surface area contributed by atoms with Crippen molar-refractivity contribution in [1.82, 2.24) is 0 Å². The van der Waals surface area contributed by atoms with Crippen LogP contribution in [0.25, 0.3) is 0 Å². The van der Waals surface area contributed by atoms with Gasteiger partial charge in [0.05, 0.1) is 6.10 Å². The lowest BCUT2D eigenvalue weighted by Gasteiger charge is -2.15. The summed E-state index contributed by atoms with van der Waals surface area (Å²) in [5.41, 5.74) is 0.471. The highest BCUT2D eigenvalue weighted by Crippen LogP contribution is 2.13. The standard InChI is InChI=1S/C9H12N2O3/c1-8(12)7-10(11(13)14)9-5-3-2-4-6-9/h2-6,8,12H,7H2,1H3. The van der Waals surface area contributed by atoms with E-state index < -0.39 is 11.1 Å². The van der Waals surface area contributed by atoms with Gasteiger partial charge in [-0.3, -0.25) is 0 Å². The molecule has 1 N–H and O–H groups in total. The first-order valence-corrected chi connectivity index (χ1v) is 4.26. The van der Waals surface area contributed by atoms with Gasteiger partial charge in [0, 0.05) is 0 Å². The minimum Gasteiger partial charge on any atom is -0.391 e. The normalized spacial score (nSPS) is 12.1. The lowest BCUT2D eigenvalue weighted by Crippen LogP contribution is -2.35. The summed E-state index contributed by atoms with van der Waals surface area (Å²) in [7, 11) is 0. The summed E-state index contributed by atoms with van der Waals surface area (Å²) < 4.78 is 0. The second-order valence-electron chi connectivity index (χ2n) is 3.00. The molecule has 0 aliphatic carbocycles. The molecule has 76 valence electrons. The minimum atomic E-state index is -0.736. The Labute approximate surface area is 81.7 Å². The Balaban J connectivity index is 2.84. The maximum absolute atomic E-state index is 10.7. The summed E-state index contributed by atoms with van der Waals surface area (Å²) in [6.45, 7) is 1.50. The predicted molar refractivity (Wildman–Crippen MR) is 52.5 cm³/mol. The molecule has 0 amide bonds. The van der Waals surface area contributed by atoms with Gasteiger partial charge in [-0.05, 0) is 19.1 Å². The molecule has 0 bridgehead atoms. The lowest BCUT2D eigenvalue weighted by molar-refractivity contribution is -0.495. The molecule has 0 saturated carbocycles. The van der Waals surface area contributed by atoms with Gasteiger partial charge < -0.3 is 5.11 Å². The number of aliphatic hydroxyl groups excluding tert-OH is 1. The van der Waals surface area contributed by atoms with E-state index in [2.05, 4.69) is 0 Å². The van der Waals surface area contributed by atoms with Crippen molar-refractivity contribution in [2.45, 2.75) is 13.0 Å². The zero-order valence-electron chi connectivity index (χ0n) is 7.83. The number of hydrogen-bond acceptors (Lipinski definition) is 3. The van der Waals surface area contributed by atoms with Crippen LogP contribution in [0.4, 0.5) is 5.69 Å². The highest BCUT2D eigenvalue weighted by atomic mass is 16.7. The van der Waals surface area contributed by atoms with Crippen LogP contribution < -0.4 is 5.01 Å². The van der Waals surface area contributed by atoms with E-state index >= 15 is 0 Å². The molecule has 0 aliphatic rings. The van der Waals surface area contributed by atoms with Gasteiger partial charge in [-0.25, -0.2) is 10.1 Å². The second-order valence-corrected chi connectivity index (χ2v) is 3.00. The SMILES string of the molecule is CC(O)CN(c1ccccc1)[N+](=O)[O-]. The summed E-state index contributed by atoms with van der Waals surface area (Å²) in [5.74, 6) is 0. The van der Waals surface area contributed by atoms with Crippen LogP contribution in [0.2, 0.25) is 0 Å². The van der Waals surface area contributed by atoms with Crippen molar-refractivity contribution in [2.75, 3.05) is 11.6 Å². The molecule has 5 heteroatoms. The van der Waals surface area contributed by atoms with Crippen molar-refractivity contribution >= 4 is 5.69 Å². The summed E-state index contributed by atoms with van der Waals surface area (Å²) in [5, 5.41) is 20.1. The Kier molecular flexibility index (Phi) is 3.41. The highest BCUT2D eigenvalue weighted by molar-refractivity contribution is 5.42. The van der Waals surface area contributed by atoms with E-state index in [1.54, 1.807) is 30.3 Å². The van der Waals surface area contributed by atoms with E-state index in [0.29, 0.717) is 5.69 Å². The van der Waals surface area contributed by atoms with Crippen molar-refractivity contribution in [3.63, 3.8) is 0 Å². The van der Waals surface area contributed by atoms with Gasteiger partial charge in [0.2, 0.25) is 0 Å². The topological polar surface area (TPSA) is 66.6 Å². The number of nitrogens with zero attached hydrogens (tertiary/aromatic N) is 2. The van der Waals surface area contributed by atoms with Crippen molar-refractivity contribution in [3.05, 3.63) is 40.4 Å². The first-order valence-electron chi connectivity index (χ1n) is 4.26. The van der Waals surface area contributed by atoms with Crippen molar-refractivity contribution in [2.24, 2.45) is 0 Å². The zero-order valence-corrected chi connectivity index (χ0v) is 7.83. The third kappa shape index (κ3) is 2.70. The molecule has 1 rings (SSSR count). The van der Waals surface area contributed by atoms with Crippen LogP contribution in [0, 0.1) is 10.1 Å². The van der Waals surface area contributed by atoms with E-state index in [1.165, 1.54) is 6.92 Å². The van der Waals surface area contributed by atoms with Crippen LogP contribution in [-0.2, 0) is 0 Å². The Morgan fingerprint density at radius 1 is 1.50 bits per heavy atom. The van der Waals surface area contributed by atoms with E-state index in [-0.39, 0.29) is 6.54 Å². The van der Waals surface area contributed by atoms with Gasteiger partial charge >= 0.3 is 0 Å². The molecule has 0 fully saturated rings. The van der Waals surface area contributed by atoms with Gasteiger partial charge in [0.25, 0.3) is 0 Å². The lowest BCUT2D eigenvalue weighted by atomic mass is 10.3. The quantitative estimate of drug-likeness (QED) is 0.577. The molecule has 1 atom stereocenters. The van der Waals surface area contributed by atoms with Crippen LogP contribution in [0.3, 0.4) is 0 Å². The number of rotatable bonds is 4. The van der Waals surface area contributed by atoms with Crippen LogP contribution in [0.5, 0.6) is 0 Å². The largest absolute Gasteiger partial charge is 0.391 e. The van der Waals surface area contributed by atoms with Crippen LogP contribution >= 0.6 is 0 Å². The highest BCUT2D eigenvalue weighted by Gasteiger charge is 2.18. The van der Waals surface area contributed by atoms with Gasteiger partial charge in [-0.15, -0.1) is 0 Å². The molecule has 0 spiro atoms. The minimum absolute atomic E-state index is 0.0169. The first kappa shape index (κ1) is 10.5. The first-order chi connectivity index (χ1) is 6.61. The molecule has 0 heterocycles. The Morgan fingerprint density at radius 3 is 2.50 bits per heavy atom. The zero-order chi connectivity index (χ0) is 10.6. The third-order valence-corrected chi connectivity index (χ3v) is 1.69. The molecule has 0 aromatic heterocycles. The molecular formula is C9H12N2O3. The Morgan fingerprint density at radius 2 is 2.07 bits per heavy atom. The molecule has 0 aliphatic heterocycles. The molecule has 5 nitrogen and oxygen atoms in total. The van der Waals surface area contributed by atoms with Crippen LogP contribution in [-0.4, -0.2) is 22.8 Å². The van der Waals surface area contributed by atoms with E-state index in [1.807, 2.05) is 0 Å². The maximum Gasteiger partial charge on any atom is 0.165 e. The smallest absolute Gasteiger partial charge is 0.165 e. The van der Waals surface area contributed by atoms with E-state index in [4.69, 9.17) is 5.11 Å². The third-order valence-electron chi connectivity index (χ3n) is 1.69. The summed E-state index contributed by atoms with van der Waals surface area (Å²) in [6, 6.07) is 8.47. The number of hydrazine groups is 1. The van der Waals surface area contributed by atoms with E-state index in [0.717, 1.165) is 5.01 Å². The number of benzene rings is 1. The molecule has 0 radical (unpaired) electrons. The van der Waals surface area contributed by atoms with Gasteiger partial charge in [-0.1, -0.05) is 23.2 Å². The van der Waals surface area contributed by atoms with Crippen LogP contribution in [0.15, 0.2) is 30.3 Å². The second kappa shape index (κ2) is 4.57. The average molecular weight is 196 g/mol. The van der Waals surface area contributed by atoms with Crippen molar-refractivity contribution in [3.8, 4) is 0 Å². The Hall–Kier alpha value is -1.62. The maximum atomic E-state index is 10.7. The number of para-hydroxylation sites is 1. The molecule has 1 unspecified atom stereocenters. The molecular weight excluding hydrogens is 184 g/mol. The number of anilines is 1. The van der Waals surface area contributed by atoms with E-state index in [9.17, 15) is 10.1 Å². The predicted octanol–water partition coefficient (Wildman–Crippen LogP) is 1.07.